The first-order valence-corrected chi connectivity index (χ1v) is 16.9. The Balaban J connectivity index is 0.00000336. The average molecular weight is 827 g/mol. The monoisotopic (exact) mass is 826 g/mol. The first-order valence-electron chi connectivity index (χ1n) is 16.9. The average Bonchev–Trinajstić information content (AvgIpc) is 3.82. The van der Waals surface area contributed by atoms with Crippen LogP contribution < -0.4 is 0 Å². The molecule has 5 heterocycles. The molecule has 0 fully saturated rings. The molecule has 5 nitrogen and oxygen atoms in total. The SMILES string of the molecule is CC1(C)c2ccc(-n3c4[c-]c(-n5c6ccccc6c6cccnc65)ccc4c4ccccc43)[c-]c2-n2ncc(-c3ccccc3)c2C1(C)C.[Pt+2]. The molecule has 6 heteroatoms. The Morgan fingerprint density at radius 1 is 0.580 bits per heavy atom. The summed E-state index contributed by atoms with van der Waals surface area (Å²) in [7, 11) is 0. The molecular formula is C44H33N5Pt. The summed E-state index contributed by atoms with van der Waals surface area (Å²) in [6.07, 6.45) is 3.89. The van der Waals surface area contributed by atoms with Crippen molar-refractivity contribution in [2.75, 3.05) is 0 Å². The van der Waals surface area contributed by atoms with Gasteiger partial charge in [-0.15, -0.1) is 35.2 Å². The van der Waals surface area contributed by atoms with Crippen molar-refractivity contribution in [1.82, 2.24) is 23.9 Å². The summed E-state index contributed by atoms with van der Waals surface area (Å²) in [6.45, 7) is 9.39. The van der Waals surface area contributed by atoms with Gasteiger partial charge in [0.1, 0.15) is 5.65 Å². The smallest absolute Gasteiger partial charge is 0.358 e. The molecule has 0 N–H and O–H groups in total. The fourth-order valence-electron chi connectivity index (χ4n) is 8.16. The molecule has 1 aliphatic heterocycles. The molecule has 4 aromatic heterocycles. The quantitative estimate of drug-likeness (QED) is 0.167. The summed E-state index contributed by atoms with van der Waals surface area (Å²) in [5.74, 6) is 0. The topological polar surface area (TPSA) is 40.6 Å². The van der Waals surface area contributed by atoms with E-state index >= 15 is 0 Å². The normalized spacial score (nSPS) is 14.6. The van der Waals surface area contributed by atoms with Gasteiger partial charge in [0.2, 0.25) is 0 Å². The number of benzene rings is 5. The molecule has 244 valence electrons. The van der Waals surface area contributed by atoms with E-state index in [9.17, 15) is 0 Å². The third-order valence-corrected chi connectivity index (χ3v) is 11.3. The molecule has 0 atom stereocenters. The van der Waals surface area contributed by atoms with Crippen LogP contribution in [0.4, 0.5) is 0 Å². The van der Waals surface area contributed by atoms with Crippen molar-refractivity contribution >= 4 is 43.7 Å². The molecule has 0 bridgehead atoms. The minimum atomic E-state index is -0.192. The van der Waals surface area contributed by atoms with Crippen LogP contribution in [0, 0.1) is 12.1 Å². The number of rotatable bonds is 3. The molecular weight excluding hydrogens is 794 g/mol. The summed E-state index contributed by atoms with van der Waals surface area (Å²) in [5.41, 5.74) is 11.5. The Morgan fingerprint density at radius 3 is 2.00 bits per heavy atom. The van der Waals surface area contributed by atoms with Crippen molar-refractivity contribution in [1.29, 1.82) is 0 Å². The minimum absolute atomic E-state index is 0. The molecule has 9 aromatic rings. The Bertz CT molecular complexity index is 2730. The predicted molar refractivity (Wildman–Crippen MR) is 199 cm³/mol. The van der Waals surface area contributed by atoms with Crippen molar-refractivity contribution in [2.24, 2.45) is 0 Å². The van der Waals surface area contributed by atoms with E-state index in [0.717, 1.165) is 55.6 Å². The van der Waals surface area contributed by atoms with Crippen molar-refractivity contribution in [2.45, 2.75) is 38.5 Å². The zero-order valence-electron chi connectivity index (χ0n) is 28.2. The van der Waals surface area contributed by atoms with Crippen molar-refractivity contribution in [3.05, 3.63) is 151 Å². The predicted octanol–water partition coefficient (Wildman–Crippen LogP) is 10.3. The molecule has 1 aliphatic rings. The molecule has 0 saturated carbocycles. The van der Waals surface area contributed by atoms with Crippen LogP contribution in [0.1, 0.15) is 39.0 Å². The largest absolute Gasteiger partial charge is 2.00 e. The summed E-state index contributed by atoms with van der Waals surface area (Å²) in [5, 5.41) is 9.68. The second kappa shape index (κ2) is 10.9. The number of hydrogen-bond donors (Lipinski definition) is 0. The zero-order valence-corrected chi connectivity index (χ0v) is 30.4. The number of para-hydroxylation sites is 2. The van der Waals surface area contributed by atoms with Crippen molar-refractivity contribution in [3.63, 3.8) is 0 Å². The molecule has 0 radical (unpaired) electrons. The standard InChI is InChI=1S/C44H33N5.Pt/c1-43(2)36-23-21-29(26-40(36)49-41(44(43,3)4)35(27-46-49)28-13-6-5-7-14-28)47-37-18-10-8-15-31(37)33-22-20-30(25-39(33)47)48-38-19-11-9-16-32(38)34-17-12-24-45-42(34)48;/h5-24,27H,1-4H3;/q-2;+2. The third kappa shape index (κ3) is 4.04. The maximum atomic E-state index is 5.05. The van der Waals surface area contributed by atoms with E-state index in [4.69, 9.17) is 10.1 Å². The Hall–Kier alpha value is -5.25. The van der Waals surface area contributed by atoms with Gasteiger partial charge in [-0.25, -0.2) is 4.98 Å². The zero-order chi connectivity index (χ0) is 33.1. The van der Waals surface area contributed by atoms with E-state index in [1.807, 2.05) is 18.5 Å². The second-order valence-electron chi connectivity index (χ2n) is 14.2. The van der Waals surface area contributed by atoms with E-state index in [1.165, 1.54) is 27.6 Å². The van der Waals surface area contributed by atoms with Gasteiger partial charge in [-0.1, -0.05) is 111 Å². The summed E-state index contributed by atoms with van der Waals surface area (Å²) in [4.78, 5) is 4.84. The fourth-order valence-corrected chi connectivity index (χ4v) is 8.16. The molecule has 10 rings (SSSR count). The van der Waals surface area contributed by atoms with Crippen LogP contribution in [-0.2, 0) is 31.9 Å². The van der Waals surface area contributed by atoms with Crippen LogP contribution in [0.25, 0.3) is 71.9 Å². The van der Waals surface area contributed by atoms with E-state index in [2.05, 4.69) is 163 Å². The van der Waals surface area contributed by atoms with Gasteiger partial charge in [-0.3, -0.25) is 4.68 Å². The van der Waals surface area contributed by atoms with Gasteiger partial charge < -0.3 is 9.13 Å². The van der Waals surface area contributed by atoms with Crippen LogP contribution in [-0.4, -0.2) is 23.9 Å². The van der Waals surface area contributed by atoms with Gasteiger partial charge in [-0.2, -0.15) is 17.2 Å². The molecule has 0 saturated heterocycles. The molecule has 50 heavy (non-hydrogen) atoms. The number of nitrogens with zero attached hydrogens (tertiary/aromatic N) is 5. The maximum Gasteiger partial charge on any atom is 2.00 e. The maximum absolute atomic E-state index is 5.05. The van der Waals surface area contributed by atoms with Crippen LogP contribution >= 0.6 is 0 Å². The van der Waals surface area contributed by atoms with Gasteiger partial charge in [0.05, 0.1) is 17.4 Å². The Morgan fingerprint density at radius 2 is 1.22 bits per heavy atom. The van der Waals surface area contributed by atoms with Gasteiger partial charge in [0, 0.05) is 33.5 Å². The van der Waals surface area contributed by atoms with Gasteiger partial charge >= 0.3 is 21.1 Å². The van der Waals surface area contributed by atoms with Crippen LogP contribution in [0.2, 0.25) is 0 Å². The second-order valence-corrected chi connectivity index (χ2v) is 14.2. The van der Waals surface area contributed by atoms with Crippen LogP contribution in [0.15, 0.2) is 128 Å². The van der Waals surface area contributed by atoms with Gasteiger partial charge in [0.25, 0.3) is 0 Å². The molecule has 0 amide bonds. The summed E-state index contributed by atoms with van der Waals surface area (Å²) < 4.78 is 6.68. The minimum Gasteiger partial charge on any atom is -0.358 e. The number of hydrogen-bond acceptors (Lipinski definition) is 2. The molecule has 0 spiro atoms. The van der Waals surface area contributed by atoms with Gasteiger partial charge in [0.15, 0.2) is 0 Å². The molecule has 0 unspecified atom stereocenters. The van der Waals surface area contributed by atoms with Crippen LogP contribution in [0.5, 0.6) is 0 Å². The van der Waals surface area contributed by atoms with Crippen LogP contribution in [0.3, 0.4) is 0 Å². The Kier molecular flexibility index (Phi) is 6.69. The number of pyridine rings is 1. The van der Waals surface area contributed by atoms with Crippen molar-refractivity contribution < 1.29 is 21.1 Å². The van der Waals surface area contributed by atoms with E-state index < -0.39 is 0 Å². The first kappa shape index (κ1) is 30.8. The Labute approximate surface area is 305 Å². The molecule has 5 aromatic carbocycles. The number of fused-ring (bicyclic) bond motifs is 9. The molecule has 0 aliphatic carbocycles. The number of aromatic nitrogens is 5. The summed E-state index contributed by atoms with van der Waals surface area (Å²) in [6, 6.07) is 48.6. The first-order chi connectivity index (χ1) is 23.8. The van der Waals surface area contributed by atoms with Gasteiger partial charge in [-0.05, 0) is 46.3 Å². The van der Waals surface area contributed by atoms with E-state index in [1.54, 1.807) is 0 Å². The summed E-state index contributed by atoms with van der Waals surface area (Å²) >= 11 is 0. The van der Waals surface area contributed by atoms with Crippen molar-refractivity contribution in [3.8, 4) is 28.2 Å². The third-order valence-electron chi connectivity index (χ3n) is 11.3. The van der Waals surface area contributed by atoms with E-state index in [-0.39, 0.29) is 31.9 Å². The fraction of sp³-hybridized carbons (Fsp3) is 0.136. The van der Waals surface area contributed by atoms with E-state index in [0.29, 0.717) is 0 Å².